The zero-order chi connectivity index (χ0) is 18.0. The van der Waals surface area contributed by atoms with Crippen molar-refractivity contribution in [3.8, 4) is 17.2 Å². The van der Waals surface area contributed by atoms with Gasteiger partial charge in [0.1, 0.15) is 18.2 Å². The summed E-state index contributed by atoms with van der Waals surface area (Å²) < 4.78 is 24.3. The number of hydrogen-bond acceptors (Lipinski definition) is 5. The summed E-state index contributed by atoms with van der Waals surface area (Å²) in [4.78, 5) is 4.51. The van der Waals surface area contributed by atoms with Crippen LogP contribution in [0.15, 0.2) is 53.1 Å². The van der Waals surface area contributed by atoms with Crippen molar-refractivity contribution in [1.82, 2.24) is 10.1 Å². The van der Waals surface area contributed by atoms with E-state index < -0.39 is 5.54 Å². The Morgan fingerprint density at radius 1 is 1.11 bits per heavy atom. The first-order valence-corrected chi connectivity index (χ1v) is 8.73. The highest BCUT2D eigenvalue weighted by molar-refractivity contribution is 5.85. The molecule has 2 N–H and O–H groups in total. The van der Waals surface area contributed by atoms with Crippen LogP contribution in [-0.4, -0.2) is 10.1 Å². The fourth-order valence-corrected chi connectivity index (χ4v) is 3.29. The second-order valence-electron chi connectivity index (χ2n) is 6.73. The van der Waals surface area contributed by atoms with Crippen molar-refractivity contribution >= 4 is 12.4 Å². The first-order chi connectivity index (χ1) is 12.6. The lowest BCUT2D eigenvalue weighted by Gasteiger charge is -2.17. The molecule has 0 aliphatic heterocycles. The average molecular weight is 390 g/mol. The predicted octanol–water partition coefficient (Wildman–Crippen LogP) is 4.60. The van der Waals surface area contributed by atoms with Crippen LogP contribution in [0.1, 0.15) is 37.1 Å². The lowest BCUT2D eigenvalue weighted by molar-refractivity contribution is 0.304. The summed E-state index contributed by atoms with van der Waals surface area (Å²) in [5, 5.41) is 4.10. The van der Waals surface area contributed by atoms with Gasteiger partial charge in [0.05, 0.1) is 5.54 Å². The van der Waals surface area contributed by atoms with Crippen molar-refractivity contribution in [2.75, 3.05) is 0 Å². The van der Waals surface area contributed by atoms with Gasteiger partial charge >= 0.3 is 0 Å². The Balaban J connectivity index is 0.00000210. The topological polar surface area (TPSA) is 74.2 Å². The number of rotatable bonds is 5. The molecule has 2 aromatic carbocycles. The van der Waals surface area contributed by atoms with E-state index in [1.165, 1.54) is 12.1 Å². The first-order valence-electron chi connectivity index (χ1n) is 8.73. The molecule has 0 bridgehead atoms. The molecule has 1 aliphatic rings. The zero-order valence-corrected chi connectivity index (χ0v) is 15.5. The fraction of sp³-hybridized carbons (Fsp3) is 0.300. The third kappa shape index (κ3) is 4.28. The molecule has 0 spiro atoms. The SMILES string of the molecule is Cl.NC1(c2noc(-c3cccc(COc4cccc(F)c4)c3)n2)CCCC1. The molecule has 1 fully saturated rings. The average Bonchev–Trinajstić information content (AvgIpc) is 3.31. The van der Waals surface area contributed by atoms with Gasteiger partial charge in [0.2, 0.25) is 0 Å². The number of hydrogen-bond donors (Lipinski definition) is 1. The largest absolute Gasteiger partial charge is 0.489 e. The Kier molecular flexibility index (Phi) is 5.77. The Morgan fingerprint density at radius 2 is 1.89 bits per heavy atom. The number of nitrogens with two attached hydrogens (primary N) is 1. The van der Waals surface area contributed by atoms with Gasteiger partial charge in [-0.1, -0.05) is 36.2 Å². The Bertz CT molecular complexity index is 910. The summed E-state index contributed by atoms with van der Waals surface area (Å²) in [6.45, 7) is 0.319. The van der Waals surface area contributed by atoms with Crippen LogP contribution in [0.5, 0.6) is 5.75 Å². The Labute approximate surface area is 163 Å². The number of benzene rings is 2. The second kappa shape index (κ2) is 8.06. The molecular weight excluding hydrogens is 369 g/mol. The highest BCUT2D eigenvalue weighted by atomic mass is 35.5. The van der Waals surface area contributed by atoms with Crippen molar-refractivity contribution in [1.29, 1.82) is 0 Å². The molecule has 5 nitrogen and oxygen atoms in total. The van der Waals surface area contributed by atoms with Crippen molar-refractivity contribution in [3.05, 3.63) is 65.7 Å². The van der Waals surface area contributed by atoms with Gasteiger partial charge in [-0.3, -0.25) is 0 Å². The van der Waals surface area contributed by atoms with Crippen molar-refractivity contribution in [2.24, 2.45) is 5.73 Å². The maximum Gasteiger partial charge on any atom is 0.258 e. The number of ether oxygens (including phenoxy) is 1. The van der Waals surface area contributed by atoms with Crippen LogP contribution in [0.4, 0.5) is 4.39 Å². The molecule has 1 aromatic heterocycles. The van der Waals surface area contributed by atoms with E-state index in [9.17, 15) is 4.39 Å². The fourth-order valence-electron chi connectivity index (χ4n) is 3.29. The van der Waals surface area contributed by atoms with Gasteiger partial charge < -0.3 is 15.0 Å². The molecule has 0 amide bonds. The Morgan fingerprint density at radius 3 is 2.67 bits per heavy atom. The molecule has 142 valence electrons. The smallest absolute Gasteiger partial charge is 0.258 e. The van der Waals surface area contributed by atoms with Crippen molar-refractivity contribution in [2.45, 2.75) is 37.8 Å². The summed E-state index contributed by atoms with van der Waals surface area (Å²) >= 11 is 0. The van der Waals surface area contributed by atoms with E-state index in [2.05, 4.69) is 10.1 Å². The van der Waals surface area contributed by atoms with E-state index in [1.54, 1.807) is 12.1 Å². The van der Waals surface area contributed by atoms with Crippen LogP contribution in [0, 0.1) is 5.82 Å². The number of aromatic nitrogens is 2. The molecule has 0 radical (unpaired) electrons. The van der Waals surface area contributed by atoms with Gasteiger partial charge in [-0.25, -0.2) is 4.39 Å². The summed E-state index contributed by atoms with van der Waals surface area (Å²) in [5.74, 6) is 1.19. The van der Waals surface area contributed by atoms with Crippen LogP contribution < -0.4 is 10.5 Å². The molecule has 7 heteroatoms. The van der Waals surface area contributed by atoms with E-state index in [4.69, 9.17) is 15.0 Å². The maximum atomic E-state index is 13.2. The minimum atomic E-state index is -0.472. The minimum Gasteiger partial charge on any atom is -0.489 e. The highest BCUT2D eigenvalue weighted by Crippen LogP contribution is 2.35. The van der Waals surface area contributed by atoms with Gasteiger partial charge in [0, 0.05) is 11.6 Å². The normalized spacial score (nSPS) is 15.3. The van der Waals surface area contributed by atoms with Crippen LogP contribution in [0.2, 0.25) is 0 Å². The summed E-state index contributed by atoms with van der Waals surface area (Å²) in [5.41, 5.74) is 7.65. The molecule has 27 heavy (non-hydrogen) atoms. The van der Waals surface area contributed by atoms with Gasteiger partial charge in [-0.05, 0) is 42.7 Å². The van der Waals surface area contributed by atoms with E-state index in [-0.39, 0.29) is 18.2 Å². The molecule has 3 aromatic rings. The summed E-state index contributed by atoms with van der Waals surface area (Å²) in [6, 6.07) is 13.7. The zero-order valence-electron chi connectivity index (χ0n) is 14.7. The van der Waals surface area contributed by atoms with Crippen LogP contribution in [-0.2, 0) is 12.1 Å². The van der Waals surface area contributed by atoms with Crippen LogP contribution in [0.25, 0.3) is 11.5 Å². The lowest BCUT2D eigenvalue weighted by Crippen LogP contribution is -2.34. The third-order valence-corrected chi connectivity index (χ3v) is 4.74. The predicted molar refractivity (Wildman–Crippen MR) is 102 cm³/mol. The molecule has 4 rings (SSSR count). The Hall–Kier alpha value is -2.44. The molecule has 0 saturated heterocycles. The van der Waals surface area contributed by atoms with Crippen LogP contribution in [0.3, 0.4) is 0 Å². The first kappa shape index (κ1) is 19.3. The van der Waals surface area contributed by atoms with Gasteiger partial charge in [-0.15, -0.1) is 12.4 Å². The second-order valence-corrected chi connectivity index (χ2v) is 6.73. The third-order valence-electron chi connectivity index (χ3n) is 4.74. The summed E-state index contributed by atoms with van der Waals surface area (Å²) in [7, 11) is 0. The van der Waals surface area contributed by atoms with Crippen molar-refractivity contribution < 1.29 is 13.7 Å². The molecular formula is C20H21ClFN3O2. The quantitative estimate of drug-likeness (QED) is 0.690. The molecule has 0 atom stereocenters. The van der Waals surface area contributed by atoms with E-state index in [0.717, 1.165) is 36.8 Å². The highest BCUT2D eigenvalue weighted by Gasteiger charge is 2.36. The molecule has 0 unspecified atom stereocenters. The molecule has 1 heterocycles. The number of nitrogens with zero attached hydrogens (tertiary/aromatic N) is 2. The number of halogens is 2. The lowest BCUT2D eigenvalue weighted by atomic mass is 9.98. The minimum absolute atomic E-state index is 0. The van der Waals surface area contributed by atoms with Gasteiger partial charge in [0.15, 0.2) is 5.82 Å². The van der Waals surface area contributed by atoms with Crippen LogP contribution >= 0.6 is 12.4 Å². The van der Waals surface area contributed by atoms with Gasteiger partial charge in [-0.2, -0.15) is 4.98 Å². The van der Waals surface area contributed by atoms with E-state index in [0.29, 0.717) is 24.1 Å². The standard InChI is InChI=1S/C20H20FN3O2.ClH/c21-16-7-4-8-17(12-16)25-13-14-5-3-6-15(11-14)18-23-19(24-26-18)20(22)9-1-2-10-20;/h3-8,11-12H,1-2,9-10,13,22H2;1H. The van der Waals surface area contributed by atoms with E-state index in [1.807, 2.05) is 24.3 Å². The maximum absolute atomic E-state index is 13.2. The van der Waals surface area contributed by atoms with Crippen molar-refractivity contribution in [3.63, 3.8) is 0 Å². The summed E-state index contributed by atoms with van der Waals surface area (Å²) in [6.07, 6.45) is 3.95. The van der Waals surface area contributed by atoms with Gasteiger partial charge in [0.25, 0.3) is 5.89 Å². The monoisotopic (exact) mass is 389 g/mol. The van der Waals surface area contributed by atoms with E-state index >= 15 is 0 Å². The molecule has 1 aliphatic carbocycles. The molecule has 1 saturated carbocycles.